The number of hydrogen-bond donors (Lipinski definition) is 0. The first-order chi connectivity index (χ1) is 40.3. The van der Waals surface area contributed by atoms with Crippen LogP contribution in [0.3, 0.4) is 0 Å². The molecule has 0 aromatic heterocycles. The first-order valence-electron chi connectivity index (χ1n) is 31.2. The summed E-state index contributed by atoms with van der Waals surface area (Å²) in [5, 5.41) is 9.85. The second-order valence-corrected chi connectivity index (χ2v) is 21.6. The third kappa shape index (κ3) is 17.9. The predicted molar refractivity (Wildman–Crippen MR) is 351 cm³/mol. The molecule has 0 aliphatic carbocycles. The maximum absolute atomic E-state index is 3.68. The molecule has 4 nitrogen and oxygen atoms in total. The summed E-state index contributed by atoms with van der Waals surface area (Å²) in [5.74, 6) is 0. The fourth-order valence-electron chi connectivity index (χ4n) is 9.98. The summed E-state index contributed by atoms with van der Waals surface area (Å²) < 4.78 is 0. The van der Waals surface area contributed by atoms with Crippen LogP contribution in [0, 0.1) is 97.1 Å². The van der Waals surface area contributed by atoms with Gasteiger partial charge in [0.15, 0.2) is 0 Å². The molecule has 0 N–H and O–H groups in total. The SMILES string of the molecule is CCCCN(CCCC)c1ccc2c#cc#cc3ccc(N(CCCC)CCCC)cc3c#cc3cc4c#cc5cc(N(CCCC)CCCC)ccc5c#cc#cc5ccc(N(CCCC)CCCC)cc5c#cc4cc3c#cc2c1. The lowest BCUT2D eigenvalue weighted by molar-refractivity contribution is 0.678. The van der Waals surface area contributed by atoms with Gasteiger partial charge in [-0.05, 0) is 161 Å². The van der Waals surface area contributed by atoms with E-state index in [0.717, 1.165) is 242 Å². The Kier molecular flexibility index (Phi) is 25.1. The molecule has 0 heterocycles. The van der Waals surface area contributed by atoms with Crippen molar-refractivity contribution in [3.8, 4) is 0 Å². The summed E-state index contributed by atoms with van der Waals surface area (Å²) in [5.41, 5.74) is 4.62. The average Bonchev–Trinajstić information content (AvgIpc) is 3.58. The minimum Gasteiger partial charge on any atom is -0.372 e. The molecule has 7 rings (SSSR count). The minimum atomic E-state index is 0.769. The predicted octanol–water partition coefficient (Wildman–Crippen LogP) is 19.5. The number of anilines is 4. The van der Waals surface area contributed by atoms with Gasteiger partial charge >= 0.3 is 0 Å². The molecule has 0 unspecified atom stereocenters. The van der Waals surface area contributed by atoms with Gasteiger partial charge in [-0.2, -0.15) is 0 Å². The van der Waals surface area contributed by atoms with E-state index in [1.54, 1.807) is 0 Å². The zero-order valence-corrected chi connectivity index (χ0v) is 50.8. The van der Waals surface area contributed by atoms with Crippen molar-refractivity contribution >= 4 is 87.4 Å². The first kappa shape index (κ1) is 61.4. The lowest BCUT2D eigenvalue weighted by Gasteiger charge is -2.24. The van der Waals surface area contributed by atoms with Gasteiger partial charge in [-0.3, -0.25) is 0 Å². The molecule has 0 radical (unpaired) electrons. The van der Waals surface area contributed by atoms with Crippen molar-refractivity contribution < 1.29 is 0 Å². The highest BCUT2D eigenvalue weighted by molar-refractivity contribution is 5.96. The van der Waals surface area contributed by atoms with Gasteiger partial charge in [0, 0.05) is 140 Å². The van der Waals surface area contributed by atoms with Crippen molar-refractivity contribution in [3.63, 3.8) is 0 Å². The monoisotopic (exact) mass is 1080 g/mol. The molecule has 82 heavy (non-hydrogen) atoms. The maximum atomic E-state index is 3.68. The van der Waals surface area contributed by atoms with E-state index in [1.165, 1.54) is 0 Å². The third-order valence-corrected chi connectivity index (χ3v) is 15.1. The Morgan fingerprint density at radius 1 is 0.207 bits per heavy atom. The van der Waals surface area contributed by atoms with Crippen LogP contribution in [0.15, 0.2) is 84.9 Å². The molecule has 0 fully saturated rings. The van der Waals surface area contributed by atoms with E-state index in [1.807, 2.05) is 0 Å². The minimum absolute atomic E-state index is 0.769. The highest BCUT2D eigenvalue weighted by atomic mass is 15.1. The fraction of sp³-hybridized carbons (Fsp3) is 0.410. The van der Waals surface area contributed by atoms with Gasteiger partial charge in [0.1, 0.15) is 0 Å². The Morgan fingerprint density at radius 3 is 0.549 bits per heavy atom. The molecule has 0 saturated carbocycles. The van der Waals surface area contributed by atoms with Crippen LogP contribution in [-0.4, -0.2) is 52.4 Å². The average molecular weight is 1080 g/mol. The standard InChI is InChI=1S/C78H86N4/c1-9-17-49-79(50-18-10-2)75-45-41-63-29-25-26-30-64-42-46-76(80(51-19-11-3)52-20-12-4)60-72(64)38-34-68-58-70-36-40-74-62-78(82(55-23-15-7)56-24-16-8)48-44-66(74)32-28-27-31-65-43-47-77(81(53-21-13-5)54-22-14-6)61-73(65)39-35-69(70)57-67(68)33-37-71(63)59-75/h41-48,57-62H,9-24,49-56H2,1-8H3. The molecule has 0 aliphatic rings. The summed E-state index contributed by atoms with van der Waals surface area (Å²) in [6.45, 7) is 25.9. The Bertz CT molecular complexity index is 2900. The molecule has 0 spiro atoms. The Balaban J connectivity index is 1.62. The van der Waals surface area contributed by atoms with E-state index in [-0.39, 0.29) is 0 Å². The Morgan fingerprint density at radius 2 is 0.378 bits per heavy atom. The zero-order valence-electron chi connectivity index (χ0n) is 50.8. The van der Waals surface area contributed by atoms with Crippen molar-refractivity contribution in [3.05, 3.63) is 182 Å². The Labute approximate surface area is 496 Å². The van der Waals surface area contributed by atoms with Crippen LogP contribution >= 0.6 is 0 Å². The van der Waals surface area contributed by atoms with Crippen molar-refractivity contribution in [2.24, 2.45) is 0 Å². The second kappa shape index (κ2) is 33.5. The molecular formula is C78H86N4. The number of nitrogens with zero attached hydrogens (tertiary/aromatic N) is 4. The van der Waals surface area contributed by atoms with Gasteiger partial charge in [0.05, 0.1) is 0 Å². The van der Waals surface area contributed by atoms with E-state index in [2.05, 4.69) is 257 Å². The van der Waals surface area contributed by atoms with Gasteiger partial charge in [-0.1, -0.05) is 180 Å². The van der Waals surface area contributed by atoms with Crippen molar-refractivity contribution in [1.82, 2.24) is 0 Å². The van der Waals surface area contributed by atoms with Crippen molar-refractivity contribution in [1.29, 1.82) is 0 Å². The highest BCUT2D eigenvalue weighted by Crippen LogP contribution is 2.26. The largest absolute Gasteiger partial charge is 0.372 e. The second-order valence-electron chi connectivity index (χ2n) is 21.6. The fourth-order valence-corrected chi connectivity index (χ4v) is 9.98. The van der Waals surface area contributed by atoms with Crippen LogP contribution in [-0.2, 0) is 0 Å². The first-order valence-corrected chi connectivity index (χ1v) is 31.2. The molecule has 418 valence electrons. The van der Waals surface area contributed by atoms with E-state index in [9.17, 15) is 0 Å². The summed E-state index contributed by atoms with van der Waals surface area (Å²) >= 11 is 0. The summed E-state index contributed by atoms with van der Waals surface area (Å²) in [6, 6.07) is 86.3. The third-order valence-electron chi connectivity index (χ3n) is 15.1. The maximum Gasteiger partial charge on any atom is 0.0426 e. The van der Waals surface area contributed by atoms with Crippen LogP contribution in [0.4, 0.5) is 22.7 Å². The molecule has 0 aliphatic heterocycles. The number of rotatable bonds is 28. The molecule has 7 aromatic rings. The van der Waals surface area contributed by atoms with Crippen LogP contribution in [0.2, 0.25) is 0 Å². The molecule has 0 bridgehead atoms. The highest BCUT2D eigenvalue weighted by Gasteiger charge is 2.11. The van der Waals surface area contributed by atoms with Gasteiger partial charge in [-0.25, -0.2) is 0 Å². The van der Waals surface area contributed by atoms with Crippen LogP contribution in [0.5, 0.6) is 0 Å². The molecule has 0 atom stereocenters. The number of benzene rings is 5. The van der Waals surface area contributed by atoms with Crippen LogP contribution in [0.25, 0.3) is 64.6 Å². The van der Waals surface area contributed by atoms with E-state index in [4.69, 9.17) is 0 Å². The molecule has 4 heteroatoms. The van der Waals surface area contributed by atoms with Gasteiger partial charge < -0.3 is 19.6 Å². The smallest absolute Gasteiger partial charge is 0.0426 e. The van der Waals surface area contributed by atoms with E-state index < -0.39 is 0 Å². The zero-order chi connectivity index (χ0) is 57.7. The summed E-state index contributed by atoms with van der Waals surface area (Å²) in [4.78, 5) is 10.0. The summed E-state index contributed by atoms with van der Waals surface area (Å²) in [7, 11) is 0. The van der Waals surface area contributed by atoms with Crippen LogP contribution in [0.1, 0.15) is 158 Å². The van der Waals surface area contributed by atoms with E-state index >= 15 is 0 Å². The number of hydrogen-bond acceptors (Lipinski definition) is 4. The van der Waals surface area contributed by atoms with Gasteiger partial charge in [-0.15, -0.1) is 0 Å². The van der Waals surface area contributed by atoms with Gasteiger partial charge in [0.25, 0.3) is 0 Å². The van der Waals surface area contributed by atoms with Crippen molar-refractivity contribution in [2.45, 2.75) is 158 Å². The molecule has 7 aromatic carbocycles. The van der Waals surface area contributed by atoms with Crippen molar-refractivity contribution in [2.75, 3.05) is 72.0 Å². The quantitative estimate of drug-likeness (QED) is 0.0485. The lowest BCUT2D eigenvalue weighted by Crippen LogP contribution is -2.25. The Hall–Kier alpha value is -8.22. The lowest BCUT2D eigenvalue weighted by atomic mass is 10.1. The number of unbranched alkanes of at least 4 members (excludes halogenated alkanes) is 8. The molecular weight excluding hydrogens is 993 g/mol. The van der Waals surface area contributed by atoms with Crippen LogP contribution < -0.4 is 19.6 Å². The molecule has 0 saturated heterocycles. The topological polar surface area (TPSA) is 13.0 Å². The number of fused-ring (bicyclic) bond motifs is 6. The normalized spacial score (nSPS) is 10.3. The van der Waals surface area contributed by atoms with E-state index in [0.29, 0.717) is 0 Å². The summed E-state index contributed by atoms with van der Waals surface area (Å²) in [6.07, 6.45) is 18.0. The molecule has 0 amide bonds. The van der Waals surface area contributed by atoms with Gasteiger partial charge in [0.2, 0.25) is 0 Å².